The Bertz CT molecular complexity index is 2800. The van der Waals surface area contributed by atoms with Gasteiger partial charge in [0, 0.05) is 50.4 Å². The minimum absolute atomic E-state index is 0.0499. The van der Waals surface area contributed by atoms with Gasteiger partial charge in [-0.15, -0.1) is 0 Å². The number of amides is 11. The SMILES string of the molecule is CC(C)[C@H](NC(=O)[C@H](C)NC(=O)[C@H](Cc1c[nH]cn1)NC(=O)[C@H](CCC(N)=O)NC(=O)[C@H](CCCCN)NC(=O)[C@H](CO)NC(=O)[C@H](CS)NC(=O)[C@H](CO)NC(=O)[C@@H]1CCCN1C(=O)[C@@H](N)Cc1c[nH]cn1)C(=O)N[C@@H](Cc1ccccc1)C(=O)O. The van der Waals surface area contributed by atoms with Crippen molar-refractivity contribution in [1.29, 1.82) is 0 Å². The Kier molecular flexibility index (Phi) is 29.2. The minimum atomic E-state index is -1.79. The lowest BCUT2D eigenvalue weighted by molar-refractivity contribution is -0.142. The first-order valence-corrected chi connectivity index (χ1v) is 28.9. The highest BCUT2D eigenvalue weighted by Gasteiger charge is 2.39. The molecule has 3 aromatic rings. The van der Waals surface area contributed by atoms with Crippen molar-refractivity contribution >= 4 is 83.6 Å². The number of imidazole rings is 2. The number of nitrogens with one attached hydrogen (secondary N) is 11. The number of nitrogens with zero attached hydrogens (tertiary/aromatic N) is 3. The zero-order valence-corrected chi connectivity index (χ0v) is 49.4. The molecule has 1 aliphatic rings. The number of nitrogens with two attached hydrogens (primary N) is 3. The summed E-state index contributed by atoms with van der Waals surface area (Å²) in [5, 5.41) is 52.3. The van der Waals surface area contributed by atoms with Gasteiger partial charge in [-0.25, -0.2) is 14.8 Å². The van der Waals surface area contributed by atoms with Gasteiger partial charge >= 0.3 is 5.97 Å². The van der Waals surface area contributed by atoms with Crippen LogP contribution in [-0.4, -0.2) is 210 Å². The Labute approximate surface area is 506 Å². The fourth-order valence-electron chi connectivity index (χ4n) is 9.09. The second-order valence-corrected chi connectivity index (χ2v) is 21.4. The topological polar surface area (TPSA) is 512 Å². The maximum Gasteiger partial charge on any atom is 0.326 e. The van der Waals surface area contributed by atoms with Crippen molar-refractivity contribution in [3.05, 3.63) is 72.3 Å². The molecule has 1 fully saturated rings. The van der Waals surface area contributed by atoms with Crippen molar-refractivity contribution in [2.75, 3.05) is 32.1 Å². The maximum absolute atomic E-state index is 14.2. The first-order chi connectivity index (χ1) is 41.4. The fourth-order valence-corrected chi connectivity index (χ4v) is 9.34. The van der Waals surface area contributed by atoms with Crippen molar-refractivity contribution in [3.8, 4) is 0 Å². The Morgan fingerprint density at radius 2 is 1.15 bits per heavy atom. The van der Waals surface area contributed by atoms with Crippen molar-refractivity contribution < 1.29 is 72.9 Å². The Morgan fingerprint density at radius 1 is 0.632 bits per heavy atom. The third-order valence-corrected chi connectivity index (χ3v) is 14.3. The minimum Gasteiger partial charge on any atom is -0.480 e. The summed E-state index contributed by atoms with van der Waals surface area (Å²) in [4.78, 5) is 176. The lowest BCUT2D eigenvalue weighted by atomic mass is 10.0. The first kappa shape index (κ1) is 71.0. The number of thiol groups is 1. The number of aromatic nitrogens is 4. The molecule has 20 N–H and O–H groups in total. The van der Waals surface area contributed by atoms with Crippen LogP contribution in [0.2, 0.25) is 0 Å². The molecular formula is C54H81N17O15S. The molecule has 33 heteroatoms. The molecule has 1 saturated heterocycles. The number of rotatable bonds is 37. The van der Waals surface area contributed by atoms with Crippen molar-refractivity contribution in [2.45, 2.75) is 151 Å². The summed E-state index contributed by atoms with van der Waals surface area (Å²) in [5.41, 5.74) is 18.7. The van der Waals surface area contributed by atoms with Crippen LogP contribution < -0.4 is 65.1 Å². The average molecular weight is 1240 g/mol. The predicted molar refractivity (Wildman–Crippen MR) is 312 cm³/mol. The molecule has 11 amide bonds. The molecule has 0 radical (unpaired) electrons. The largest absolute Gasteiger partial charge is 0.480 e. The lowest BCUT2D eigenvalue weighted by Gasteiger charge is -2.28. The molecule has 478 valence electrons. The van der Waals surface area contributed by atoms with Crippen molar-refractivity contribution in [3.63, 3.8) is 0 Å². The van der Waals surface area contributed by atoms with Crippen LogP contribution in [0.1, 0.15) is 82.7 Å². The van der Waals surface area contributed by atoms with E-state index < -0.39 is 175 Å². The van der Waals surface area contributed by atoms with Crippen LogP contribution in [0.5, 0.6) is 0 Å². The summed E-state index contributed by atoms with van der Waals surface area (Å²) in [7, 11) is 0. The fraction of sp³-hybridized carbons (Fsp3) is 0.556. The number of hydrogen-bond acceptors (Lipinski definition) is 19. The molecule has 1 aromatic carbocycles. The number of aliphatic hydroxyl groups excluding tert-OH is 2. The Morgan fingerprint density at radius 3 is 1.69 bits per heavy atom. The van der Waals surface area contributed by atoms with Gasteiger partial charge in [0.15, 0.2) is 0 Å². The summed E-state index contributed by atoms with van der Waals surface area (Å²) >= 11 is 4.14. The second kappa shape index (κ2) is 35.8. The normalized spacial score (nSPS) is 16.4. The maximum atomic E-state index is 14.2. The molecule has 0 bridgehead atoms. The van der Waals surface area contributed by atoms with E-state index in [4.69, 9.17) is 17.2 Å². The molecule has 3 heterocycles. The van der Waals surface area contributed by atoms with E-state index in [1.165, 1.54) is 30.7 Å². The van der Waals surface area contributed by atoms with E-state index >= 15 is 0 Å². The highest BCUT2D eigenvalue weighted by molar-refractivity contribution is 7.80. The number of benzene rings is 1. The number of aliphatic hydroxyl groups is 2. The predicted octanol–water partition coefficient (Wildman–Crippen LogP) is -6.09. The van der Waals surface area contributed by atoms with Gasteiger partial charge < -0.3 is 95.2 Å². The molecule has 32 nitrogen and oxygen atoms in total. The smallest absolute Gasteiger partial charge is 0.326 e. The molecule has 0 aliphatic carbocycles. The van der Waals surface area contributed by atoms with Gasteiger partial charge in [0.2, 0.25) is 65.0 Å². The van der Waals surface area contributed by atoms with Gasteiger partial charge in [0.05, 0.1) is 43.3 Å². The molecule has 0 spiro atoms. The number of aliphatic carboxylic acids is 1. The molecular weight excluding hydrogens is 1160 g/mol. The van der Waals surface area contributed by atoms with Gasteiger partial charge in [-0.2, -0.15) is 12.6 Å². The van der Waals surface area contributed by atoms with Crippen molar-refractivity contribution in [1.82, 2.24) is 72.7 Å². The van der Waals surface area contributed by atoms with E-state index in [0.29, 0.717) is 24.1 Å². The zero-order chi connectivity index (χ0) is 64.3. The van der Waals surface area contributed by atoms with Crippen LogP contribution in [0.3, 0.4) is 0 Å². The third kappa shape index (κ3) is 22.7. The summed E-state index contributed by atoms with van der Waals surface area (Å²) in [6.45, 7) is 2.87. The highest BCUT2D eigenvalue weighted by Crippen LogP contribution is 2.20. The van der Waals surface area contributed by atoms with Gasteiger partial charge in [-0.1, -0.05) is 44.2 Å². The summed E-state index contributed by atoms with van der Waals surface area (Å²) in [6, 6.07) is -7.14. The van der Waals surface area contributed by atoms with Gasteiger partial charge in [0.1, 0.15) is 60.4 Å². The summed E-state index contributed by atoms with van der Waals surface area (Å²) in [6.07, 6.45) is 5.63. The number of aromatic amines is 2. The van der Waals surface area contributed by atoms with E-state index in [1.54, 1.807) is 50.4 Å². The van der Waals surface area contributed by atoms with Gasteiger partial charge in [0.25, 0.3) is 0 Å². The number of hydrogen-bond donors (Lipinski definition) is 18. The number of likely N-dealkylation sites (tertiary alicyclic amines) is 1. The van der Waals surface area contributed by atoms with E-state index in [2.05, 4.69) is 80.4 Å². The molecule has 0 unspecified atom stereocenters. The molecule has 4 rings (SSSR count). The highest BCUT2D eigenvalue weighted by atomic mass is 32.1. The van der Waals surface area contributed by atoms with E-state index in [1.807, 2.05) is 0 Å². The summed E-state index contributed by atoms with van der Waals surface area (Å²) in [5.74, 6) is -12.4. The summed E-state index contributed by atoms with van der Waals surface area (Å²) < 4.78 is 0. The standard InChI is InChI=1S/C54H81N17O15S/c1-28(2)43(52(83)66-37(54(85)86)18-30-10-5-4-6-11-30)70-44(75)29(3)62-47(78)36(20-32-22-59-27-61-32)65-46(77)35(14-15-42(57)74)64-45(76)34(12-7-8-16-55)63-48(79)38(23-72)67-50(81)40(25-87)69-49(80)39(24-73)68-51(82)41-13-9-17-71(41)53(84)33(56)19-31-21-58-26-60-31/h4-6,10-11,21-22,26-29,33-41,43,72-73,87H,7-9,12-20,23-25,55-56H2,1-3H3,(H2,57,74)(H,58,60)(H,59,61)(H,62,78)(H,63,79)(H,64,76)(H,65,77)(H,66,83)(H,67,81)(H,68,82)(H,69,80)(H,70,75)(H,85,86)/t29-,33-,34-,35-,36-,37-,38-,39-,40-,41-,43-/m0/s1. The molecule has 0 saturated carbocycles. The quantitative estimate of drug-likeness (QED) is 0.0189. The molecule has 2 aromatic heterocycles. The van der Waals surface area contributed by atoms with Crippen LogP contribution in [0.25, 0.3) is 0 Å². The van der Waals surface area contributed by atoms with Crippen molar-refractivity contribution in [2.24, 2.45) is 23.1 Å². The monoisotopic (exact) mass is 1240 g/mol. The van der Waals surface area contributed by atoms with E-state index in [0.717, 1.165) is 0 Å². The van der Waals surface area contributed by atoms with Crippen LogP contribution in [0, 0.1) is 5.92 Å². The Balaban J connectivity index is 1.43. The van der Waals surface area contributed by atoms with Crippen LogP contribution in [-0.2, 0) is 76.8 Å². The van der Waals surface area contributed by atoms with Gasteiger partial charge in [-0.05, 0) is 63.5 Å². The number of carbonyl (C=O) groups is 12. The second-order valence-electron chi connectivity index (χ2n) is 21.1. The number of primary amides is 1. The number of carbonyl (C=O) groups excluding carboxylic acids is 11. The van der Waals surface area contributed by atoms with Gasteiger partial charge in [-0.3, -0.25) is 52.7 Å². The number of carboxylic acids is 1. The average Bonchev–Trinajstić information content (AvgIpc) is 2.45. The molecule has 87 heavy (non-hydrogen) atoms. The number of H-pyrrole nitrogens is 2. The Hall–Kier alpha value is -8.53. The number of unbranched alkanes of at least 4 members (excludes halogenated alkanes) is 1. The molecule has 11 atom stereocenters. The van der Waals surface area contributed by atoms with E-state index in [-0.39, 0.29) is 57.3 Å². The van der Waals surface area contributed by atoms with Crippen LogP contribution in [0.15, 0.2) is 55.4 Å². The third-order valence-electron chi connectivity index (χ3n) is 14.0. The lowest BCUT2D eigenvalue weighted by Crippen LogP contribution is -2.61. The van der Waals surface area contributed by atoms with Crippen LogP contribution >= 0.6 is 12.6 Å². The van der Waals surface area contributed by atoms with E-state index in [9.17, 15) is 72.9 Å². The van der Waals surface area contributed by atoms with Crippen LogP contribution in [0.4, 0.5) is 0 Å². The zero-order valence-electron chi connectivity index (χ0n) is 48.5. The number of carboxylic acid groups (broad SMARTS) is 1. The first-order valence-electron chi connectivity index (χ1n) is 28.2. The molecule has 1 aliphatic heterocycles.